The molecule has 5 nitrogen and oxygen atoms in total. The van der Waals surface area contributed by atoms with Gasteiger partial charge in [-0.15, -0.1) is 0 Å². The Morgan fingerprint density at radius 1 is 1.50 bits per heavy atom. The lowest BCUT2D eigenvalue weighted by molar-refractivity contribution is -0.0855. The fourth-order valence-electron chi connectivity index (χ4n) is 1.67. The van der Waals surface area contributed by atoms with E-state index in [1.54, 1.807) is 18.2 Å². The van der Waals surface area contributed by atoms with Crippen molar-refractivity contribution in [2.75, 3.05) is 32.1 Å². The van der Waals surface area contributed by atoms with Crippen molar-refractivity contribution < 1.29 is 14.3 Å². The molecule has 1 atom stereocenters. The molecule has 1 amide bonds. The Bertz CT molecular complexity index is 433. The smallest absolute Gasteiger partial charge is 0.252 e. The van der Waals surface area contributed by atoms with Crippen molar-refractivity contribution in [1.82, 2.24) is 5.32 Å². The summed E-state index contributed by atoms with van der Waals surface area (Å²) in [5.74, 6) is -0.177. The van der Waals surface area contributed by atoms with Crippen LogP contribution >= 0.6 is 15.9 Å². The maximum atomic E-state index is 12.0. The van der Waals surface area contributed by atoms with E-state index < -0.39 is 0 Å². The number of rotatable bonds is 3. The molecule has 3 N–H and O–H groups in total. The summed E-state index contributed by atoms with van der Waals surface area (Å²) in [6.07, 6.45) is -0.0810. The number of halogens is 1. The van der Waals surface area contributed by atoms with Gasteiger partial charge in [0, 0.05) is 16.7 Å². The molecule has 0 radical (unpaired) electrons. The Morgan fingerprint density at radius 2 is 2.33 bits per heavy atom. The average molecular weight is 315 g/mol. The molecule has 1 aromatic carbocycles. The van der Waals surface area contributed by atoms with Crippen LogP contribution in [0.15, 0.2) is 22.7 Å². The van der Waals surface area contributed by atoms with Crippen molar-refractivity contribution in [2.24, 2.45) is 0 Å². The third-order valence-electron chi connectivity index (χ3n) is 2.61. The van der Waals surface area contributed by atoms with Crippen molar-refractivity contribution in [1.29, 1.82) is 0 Å². The van der Waals surface area contributed by atoms with Crippen molar-refractivity contribution in [2.45, 2.75) is 6.10 Å². The molecule has 1 aromatic rings. The summed E-state index contributed by atoms with van der Waals surface area (Å²) in [6.45, 7) is 2.13. The van der Waals surface area contributed by atoms with E-state index in [2.05, 4.69) is 21.2 Å². The Morgan fingerprint density at radius 3 is 3.06 bits per heavy atom. The first-order valence-electron chi connectivity index (χ1n) is 5.69. The molecule has 1 aliphatic rings. The molecule has 98 valence electrons. The minimum atomic E-state index is -0.177. The SMILES string of the molecule is Nc1ccc(Br)c(C(=O)NCC2COCCO2)c1. The standard InChI is InChI=1S/C12H15BrN2O3/c13-11-2-1-8(14)5-10(11)12(16)15-6-9-7-17-3-4-18-9/h1-2,5,9H,3-4,6-7,14H2,(H,15,16). The van der Waals surface area contributed by atoms with Crippen LogP contribution in [0.2, 0.25) is 0 Å². The van der Waals surface area contributed by atoms with Crippen LogP contribution in [0.3, 0.4) is 0 Å². The number of hydrogen-bond donors (Lipinski definition) is 2. The van der Waals surface area contributed by atoms with Crippen LogP contribution in [-0.4, -0.2) is 38.4 Å². The van der Waals surface area contributed by atoms with E-state index in [9.17, 15) is 4.79 Å². The third kappa shape index (κ3) is 3.44. The van der Waals surface area contributed by atoms with E-state index >= 15 is 0 Å². The topological polar surface area (TPSA) is 73.6 Å². The molecule has 1 heterocycles. The van der Waals surface area contributed by atoms with Gasteiger partial charge < -0.3 is 20.5 Å². The lowest BCUT2D eigenvalue weighted by atomic mass is 10.2. The zero-order valence-electron chi connectivity index (χ0n) is 9.82. The second-order valence-corrected chi connectivity index (χ2v) is 4.87. The van der Waals surface area contributed by atoms with Gasteiger partial charge >= 0.3 is 0 Å². The number of nitrogens with one attached hydrogen (secondary N) is 1. The van der Waals surface area contributed by atoms with Gasteiger partial charge in [-0.25, -0.2) is 0 Å². The average Bonchev–Trinajstić information content (AvgIpc) is 2.40. The second-order valence-electron chi connectivity index (χ2n) is 4.02. The van der Waals surface area contributed by atoms with E-state index in [0.717, 1.165) is 4.47 Å². The Labute approximate surface area is 114 Å². The molecule has 2 rings (SSSR count). The summed E-state index contributed by atoms with van der Waals surface area (Å²) in [5, 5.41) is 2.81. The summed E-state index contributed by atoms with van der Waals surface area (Å²) in [5.41, 5.74) is 6.73. The summed E-state index contributed by atoms with van der Waals surface area (Å²) in [7, 11) is 0. The molecule has 0 bridgehead atoms. The number of carbonyl (C=O) groups is 1. The summed E-state index contributed by atoms with van der Waals surface area (Å²) >= 11 is 3.32. The molecule has 1 saturated heterocycles. The van der Waals surface area contributed by atoms with E-state index in [-0.39, 0.29) is 12.0 Å². The van der Waals surface area contributed by atoms with Gasteiger partial charge in [-0.2, -0.15) is 0 Å². The molecule has 6 heteroatoms. The van der Waals surface area contributed by atoms with Crippen molar-refractivity contribution in [3.8, 4) is 0 Å². The van der Waals surface area contributed by atoms with E-state index in [4.69, 9.17) is 15.2 Å². The number of carbonyl (C=O) groups excluding carboxylic acids is 1. The van der Waals surface area contributed by atoms with Gasteiger partial charge in [0.25, 0.3) is 5.91 Å². The first-order chi connectivity index (χ1) is 8.66. The van der Waals surface area contributed by atoms with Crippen LogP contribution in [0.25, 0.3) is 0 Å². The minimum Gasteiger partial charge on any atom is -0.399 e. The van der Waals surface area contributed by atoms with Gasteiger partial charge in [-0.05, 0) is 34.1 Å². The quantitative estimate of drug-likeness (QED) is 0.822. The van der Waals surface area contributed by atoms with E-state index in [1.807, 2.05) is 0 Å². The predicted octanol–water partition coefficient (Wildman–Crippen LogP) is 1.18. The lowest BCUT2D eigenvalue weighted by Crippen LogP contribution is -2.39. The maximum Gasteiger partial charge on any atom is 0.252 e. The van der Waals surface area contributed by atoms with Crippen LogP contribution in [0.1, 0.15) is 10.4 Å². The fraction of sp³-hybridized carbons (Fsp3) is 0.417. The highest BCUT2D eigenvalue weighted by molar-refractivity contribution is 9.10. The molecular formula is C12H15BrN2O3. The van der Waals surface area contributed by atoms with Gasteiger partial charge in [0.05, 0.1) is 31.5 Å². The zero-order valence-corrected chi connectivity index (χ0v) is 11.4. The molecular weight excluding hydrogens is 300 g/mol. The Balaban J connectivity index is 1.92. The molecule has 1 fully saturated rings. The van der Waals surface area contributed by atoms with Crippen molar-refractivity contribution in [3.63, 3.8) is 0 Å². The molecule has 0 aromatic heterocycles. The highest BCUT2D eigenvalue weighted by atomic mass is 79.9. The van der Waals surface area contributed by atoms with Crippen LogP contribution in [0.5, 0.6) is 0 Å². The minimum absolute atomic E-state index is 0.0810. The number of ether oxygens (including phenoxy) is 2. The third-order valence-corrected chi connectivity index (χ3v) is 3.30. The lowest BCUT2D eigenvalue weighted by Gasteiger charge is -2.23. The number of anilines is 1. The number of benzene rings is 1. The Kier molecular flexibility index (Phi) is 4.57. The monoisotopic (exact) mass is 314 g/mol. The molecule has 0 saturated carbocycles. The first-order valence-corrected chi connectivity index (χ1v) is 6.48. The number of nitrogen functional groups attached to an aromatic ring is 1. The summed E-state index contributed by atoms with van der Waals surface area (Å²) in [6, 6.07) is 5.13. The second kappa shape index (κ2) is 6.17. The van der Waals surface area contributed by atoms with Crippen LogP contribution < -0.4 is 11.1 Å². The van der Waals surface area contributed by atoms with Gasteiger partial charge in [-0.1, -0.05) is 0 Å². The molecule has 0 aliphatic carbocycles. The normalized spacial score (nSPS) is 19.5. The van der Waals surface area contributed by atoms with Crippen molar-refractivity contribution >= 4 is 27.5 Å². The van der Waals surface area contributed by atoms with Crippen LogP contribution in [0, 0.1) is 0 Å². The molecule has 0 spiro atoms. The van der Waals surface area contributed by atoms with E-state index in [1.165, 1.54) is 0 Å². The van der Waals surface area contributed by atoms with Gasteiger partial charge in [0.1, 0.15) is 0 Å². The predicted molar refractivity (Wildman–Crippen MR) is 71.4 cm³/mol. The number of hydrogen-bond acceptors (Lipinski definition) is 4. The highest BCUT2D eigenvalue weighted by Gasteiger charge is 2.16. The van der Waals surface area contributed by atoms with Gasteiger partial charge in [-0.3, -0.25) is 4.79 Å². The number of amides is 1. The van der Waals surface area contributed by atoms with Gasteiger partial charge in [0.15, 0.2) is 0 Å². The first kappa shape index (κ1) is 13.3. The summed E-state index contributed by atoms with van der Waals surface area (Å²) < 4.78 is 11.4. The largest absolute Gasteiger partial charge is 0.399 e. The fourth-order valence-corrected chi connectivity index (χ4v) is 2.10. The van der Waals surface area contributed by atoms with E-state index in [0.29, 0.717) is 37.6 Å². The van der Waals surface area contributed by atoms with Gasteiger partial charge in [0.2, 0.25) is 0 Å². The summed E-state index contributed by atoms with van der Waals surface area (Å²) in [4.78, 5) is 12.0. The van der Waals surface area contributed by atoms with Crippen LogP contribution in [0.4, 0.5) is 5.69 Å². The maximum absolute atomic E-state index is 12.0. The molecule has 1 unspecified atom stereocenters. The molecule has 18 heavy (non-hydrogen) atoms. The highest BCUT2D eigenvalue weighted by Crippen LogP contribution is 2.19. The molecule has 1 aliphatic heterocycles. The van der Waals surface area contributed by atoms with Crippen molar-refractivity contribution in [3.05, 3.63) is 28.2 Å². The number of nitrogens with two attached hydrogens (primary N) is 1. The van der Waals surface area contributed by atoms with Crippen LogP contribution in [-0.2, 0) is 9.47 Å². The Hall–Kier alpha value is -1.11. The zero-order chi connectivity index (χ0) is 13.0.